The zero-order chi connectivity index (χ0) is 18.7. The number of esters is 1. The van der Waals surface area contributed by atoms with Gasteiger partial charge >= 0.3 is 5.97 Å². The molecule has 0 atom stereocenters. The number of ether oxygens (including phenoxy) is 1. The summed E-state index contributed by atoms with van der Waals surface area (Å²) in [5.74, 6) is -0.892. The van der Waals surface area contributed by atoms with Crippen molar-refractivity contribution in [1.82, 2.24) is 9.88 Å². The van der Waals surface area contributed by atoms with Crippen LogP contribution in [-0.4, -0.2) is 47.4 Å². The van der Waals surface area contributed by atoms with Crippen LogP contribution in [0.25, 0.3) is 0 Å². The summed E-state index contributed by atoms with van der Waals surface area (Å²) < 4.78 is 4.84. The van der Waals surface area contributed by atoms with E-state index in [1.54, 1.807) is 6.92 Å². The summed E-state index contributed by atoms with van der Waals surface area (Å²) in [6, 6.07) is 0. The van der Waals surface area contributed by atoms with Gasteiger partial charge in [-0.3, -0.25) is 14.4 Å². The van der Waals surface area contributed by atoms with Gasteiger partial charge < -0.3 is 15.0 Å². The Balaban J connectivity index is 2.56. The average Bonchev–Trinajstić information content (AvgIpc) is 2.97. The van der Waals surface area contributed by atoms with Crippen LogP contribution < -0.4 is 5.32 Å². The van der Waals surface area contributed by atoms with E-state index >= 15 is 0 Å². The van der Waals surface area contributed by atoms with Crippen LogP contribution in [0.4, 0.5) is 5.13 Å². The monoisotopic (exact) mass is 369 g/mol. The standard InChI is InChI=1S/C17H27N3O4S/c1-4-6-7-10-20(15(22)8-9-16(23)24-5-2)11-14(21)19-17-18-13(3)12-25-17/h12H,4-11H2,1-3H3,(H,18,19,21). The Hall–Kier alpha value is -1.96. The maximum atomic E-state index is 12.4. The SMILES string of the molecule is CCCCCN(CC(=O)Nc1nc(C)cs1)C(=O)CCC(=O)OCC. The van der Waals surface area contributed by atoms with Gasteiger partial charge in [-0.15, -0.1) is 11.3 Å². The van der Waals surface area contributed by atoms with Crippen molar-refractivity contribution in [2.45, 2.75) is 52.9 Å². The highest BCUT2D eigenvalue weighted by molar-refractivity contribution is 7.13. The van der Waals surface area contributed by atoms with Crippen LogP contribution in [0.3, 0.4) is 0 Å². The van der Waals surface area contributed by atoms with Crippen molar-refractivity contribution >= 4 is 34.3 Å². The second-order valence-corrected chi connectivity index (χ2v) is 6.53. The number of thiazole rings is 1. The molecule has 1 aromatic heterocycles. The highest BCUT2D eigenvalue weighted by Gasteiger charge is 2.19. The van der Waals surface area contributed by atoms with Crippen LogP contribution in [0, 0.1) is 6.92 Å². The molecule has 0 spiro atoms. The summed E-state index contributed by atoms with van der Waals surface area (Å²) in [6.45, 7) is 6.40. The second-order valence-electron chi connectivity index (χ2n) is 5.67. The molecule has 0 aliphatic carbocycles. The van der Waals surface area contributed by atoms with E-state index in [4.69, 9.17) is 4.74 Å². The lowest BCUT2D eigenvalue weighted by atomic mass is 10.2. The summed E-state index contributed by atoms with van der Waals surface area (Å²) in [5, 5.41) is 5.08. The number of rotatable bonds is 11. The molecule has 7 nitrogen and oxygen atoms in total. The van der Waals surface area contributed by atoms with E-state index in [2.05, 4.69) is 17.2 Å². The summed E-state index contributed by atoms with van der Waals surface area (Å²) in [7, 11) is 0. The van der Waals surface area contributed by atoms with Gasteiger partial charge in [0.05, 0.1) is 25.3 Å². The molecule has 0 aliphatic rings. The number of nitrogens with zero attached hydrogens (tertiary/aromatic N) is 2. The van der Waals surface area contributed by atoms with Crippen LogP contribution in [0.5, 0.6) is 0 Å². The van der Waals surface area contributed by atoms with Gasteiger partial charge in [0.25, 0.3) is 0 Å². The normalized spacial score (nSPS) is 10.4. The molecule has 1 N–H and O–H groups in total. The second kappa shape index (κ2) is 11.6. The third kappa shape index (κ3) is 8.62. The molecule has 25 heavy (non-hydrogen) atoms. The fourth-order valence-electron chi connectivity index (χ4n) is 2.19. The topological polar surface area (TPSA) is 88.6 Å². The van der Waals surface area contributed by atoms with Gasteiger partial charge in [0.15, 0.2) is 5.13 Å². The minimum absolute atomic E-state index is 0.0320. The van der Waals surface area contributed by atoms with Crippen molar-refractivity contribution in [1.29, 1.82) is 0 Å². The molecule has 0 unspecified atom stereocenters. The number of hydrogen-bond acceptors (Lipinski definition) is 6. The number of hydrogen-bond donors (Lipinski definition) is 1. The van der Waals surface area contributed by atoms with Crippen LogP contribution in [-0.2, 0) is 19.1 Å². The fourth-order valence-corrected chi connectivity index (χ4v) is 2.89. The molecule has 1 heterocycles. The van der Waals surface area contributed by atoms with Crippen molar-refractivity contribution in [3.63, 3.8) is 0 Å². The van der Waals surface area contributed by atoms with Gasteiger partial charge in [-0.2, -0.15) is 0 Å². The molecule has 1 aromatic rings. The van der Waals surface area contributed by atoms with Gasteiger partial charge in [-0.25, -0.2) is 4.98 Å². The van der Waals surface area contributed by atoms with E-state index in [-0.39, 0.29) is 31.2 Å². The molecule has 0 radical (unpaired) electrons. The molecule has 2 amide bonds. The molecule has 140 valence electrons. The summed E-state index contributed by atoms with van der Waals surface area (Å²) in [4.78, 5) is 41.6. The molecular formula is C17H27N3O4S. The van der Waals surface area contributed by atoms with Crippen molar-refractivity contribution in [3.05, 3.63) is 11.1 Å². The molecule has 0 saturated heterocycles. The number of nitrogens with one attached hydrogen (secondary N) is 1. The number of amides is 2. The van der Waals surface area contributed by atoms with Gasteiger partial charge in [0.1, 0.15) is 0 Å². The molecule has 0 bridgehead atoms. The van der Waals surface area contributed by atoms with Gasteiger partial charge in [-0.05, 0) is 20.3 Å². The fraction of sp³-hybridized carbons (Fsp3) is 0.647. The first-order valence-electron chi connectivity index (χ1n) is 8.61. The molecule has 0 aromatic carbocycles. The lowest BCUT2D eigenvalue weighted by Crippen LogP contribution is -2.38. The maximum absolute atomic E-state index is 12.4. The van der Waals surface area contributed by atoms with Gasteiger partial charge in [0, 0.05) is 18.3 Å². The molecule has 8 heteroatoms. The largest absolute Gasteiger partial charge is 0.466 e. The van der Waals surface area contributed by atoms with E-state index in [9.17, 15) is 14.4 Å². The summed E-state index contributed by atoms with van der Waals surface area (Å²) in [5.41, 5.74) is 0.839. The van der Waals surface area contributed by atoms with Gasteiger partial charge in [0.2, 0.25) is 11.8 Å². The van der Waals surface area contributed by atoms with Crippen LogP contribution >= 0.6 is 11.3 Å². The zero-order valence-corrected chi connectivity index (χ0v) is 16.0. The number of unbranched alkanes of at least 4 members (excludes halogenated alkanes) is 2. The lowest BCUT2D eigenvalue weighted by Gasteiger charge is -2.22. The Morgan fingerprint density at radius 1 is 1.24 bits per heavy atom. The molecular weight excluding hydrogens is 342 g/mol. The first-order valence-corrected chi connectivity index (χ1v) is 9.49. The Kier molecular flexibility index (Phi) is 9.76. The smallest absolute Gasteiger partial charge is 0.306 e. The number of anilines is 1. The van der Waals surface area contributed by atoms with Crippen molar-refractivity contribution in [2.75, 3.05) is 25.0 Å². The number of aryl methyl sites for hydroxylation is 1. The van der Waals surface area contributed by atoms with Crippen molar-refractivity contribution < 1.29 is 19.1 Å². The van der Waals surface area contributed by atoms with Gasteiger partial charge in [-0.1, -0.05) is 19.8 Å². The minimum Gasteiger partial charge on any atom is -0.466 e. The number of carbonyl (C=O) groups is 3. The summed E-state index contributed by atoms with van der Waals surface area (Å²) in [6.07, 6.45) is 2.91. The zero-order valence-electron chi connectivity index (χ0n) is 15.2. The van der Waals surface area contributed by atoms with Crippen LogP contribution in [0.15, 0.2) is 5.38 Å². The third-order valence-electron chi connectivity index (χ3n) is 3.43. The molecule has 0 aliphatic heterocycles. The van der Waals surface area contributed by atoms with E-state index < -0.39 is 5.97 Å². The molecule has 0 saturated carbocycles. The average molecular weight is 369 g/mol. The molecule has 0 fully saturated rings. The van der Waals surface area contributed by atoms with E-state index in [1.165, 1.54) is 16.2 Å². The number of aromatic nitrogens is 1. The predicted octanol–water partition coefficient (Wildman–Crippen LogP) is 2.75. The summed E-state index contributed by atoms with van der Waals surface area (Å²) >= 11 is 1.35. The Bertz CT molecular complexity index is 574. The van der Waals surface area contributed by atoms with E-state index in [0.717, 1.165) is 25.0 Å². The van der Waals surface area contributed by atoms with Crippen LogP contribution in [0.2, 0.25) is 0 Å². The predicted molar refractivity (Wildman–Crippen MR) is 97.5 cm³/mol. The Labute approximate surface area is 152 Å². The highest BCUT2D eigenvalue weighted by Crippen LogP contribution is 2.14. The lowest BCUT2D eigenvalue weighted by molar-refractivity contribution is -0.145. The van der Waals surface area contributed by atoms with Crippen LogP contribution in [0.1, 0.15) is 51.6 Å². The maximum Gasteiger partial charge on any atom is 0.306 e. The molecule has 1 rings (SSSR count). The van der Waals surface area contributed by atoms with Crippen molar-refractivity contribution in [3.8, 4) is 0 Å². The highest BCUT2D eigenvalue weighted by atomic mass is 32.1. The quantitative estimate of drug-likeness (QED) is 0.479. The Morgan fingerprint density at radius 2 is 2.00 bits per heavy atom. The van der Waals surface area contributed by atoms with Crippen molar-refractivity contribution in [2.24, 2.45) is 0 Å². The number of carbonyl (C=O) groups excluding carboxylic acids is 3. The van der Waals surface area contributed by atoms with E-state index in [1.807, 2.05) is 12.3 Å². The first-order chi connectivity index (χ1) is 12.0. The first kappa shape index (κ1) is 21.1. The van der Waals surface area contributed by atoms with E-state index in [0.29, 0.717) is 18.3 Å². The Morgan fingerprint density at radius 3 is 2.60 bits per heavy atom. The third-order valence-corrected chi connectivity index (χ3v) is 4.31. The minimum atomic E-state index is -0.396.